The third-order valence-electron chi connectivity index (χ3n) is 3.92. The van der Waals surface area contributed by atoms with E-state index in [4.69, 9.17) is 16.7 Å². The number of hydrogen-bond donors (Lipinski definition) is 2. The van der Waals surface area contributed by atoms with Crippen LogP contribution in [-0.4, -0.2) is 41.0 Å². The lowest BCUT2D eigenvalue weighted by atomic mass is 9.97. The molecule has 22 heavy (non-hydrogen) atoms. The normalized spacial score (nSPS) is 20.4. The summed E-state index contributed by atoms with van der Waals surface area (Å²) in [6.45, 7) is 2.65. The number of benzene rings is 1. The predicted molar refractivity (Wildman–Crippen MR) is 81.4 cm³/mol. The lowest BCUT2D eigenvalue weighted by Crippen LogP contribution is -2.48. The first kappa shape index (κ1) is 16.7. The SMILES string of the molecule is CC(C(=O)Nc1cc(Cl)ccc1F)N1CCCC(C(=O)O)C1. The van der Waals surface area contributed by atoms with Gasteiger partial charge in [0, 0.05) is 11.6 Å². The highest BCUT2D eigenvalue weighted by molar-refractivity contribution is 6.30. The molecule has 0 aliphatic carbocycles. The highest BCUT2D eigenvalue weighted by atomic mass is 35.5. The van der Waals surface area contributed by atoms with Crippen molar-refractivity contribution in [1.29, 1.82) is 0 Å². The second-order valence-electron chi connectivity index (χ2n) is 5.46. The number of hydrogen-bond acceptors (Lipinski definition) is 3. The molecule has 0 spiro atoms. The number of halogens is 2. The van der Waals surface area contributed by atoms with E-state index < -0.39 is 23.7 Å². The van der Waals surface area contributed by atoms with Crippen LogP contribution in [0.1, 0.15) is 19.8 Å². The van der Waals surface area contributed by atoms with Crippen molar-refractivity contribution in [3.63, 3.8) is 0 Å². The average Bonchev–Trinajstić information content (AvgIpc) is 2.50. The van der Waals surface area contributed by atoms with E-state index in [2.05, 4.69) is 5.32 Å². The highest BCUT2D eigenvalue weighted by Gasteiger charge is 2.30. The maximum absolute atomic E-state index is 13.6. The Morgan fingerprint density at radius 1 is 1.50 bits per heavy atom. The van der Waals surface area contributed by atoms with Gasteiger partial charge in [-0.15, -0.1) is 0 Å². The number of piperidine rings is 1. The first-order valence-electron chi connectivity index (χ1n) is 7.11. The van der Waals surface area contributed by atoms with Crippen molar-refractivity contribution in [3.8, 4) is 0 Å². The van der Waals surface area contributed by atoms with E-state index in [0.717, 1.165) is 6.42 Å². The second kappa shape index (κ2) is 7.07. The van der Waals surface area contributed by atoms with E-state index in [-0.39, 0.29) is 11.6 Å². The smallest absolute Gasteiger partial charge is 0.307 e. The van der Waals surface area contributed by atoms with Crippen LogP contribution in [0.15, 0.2) is 18.2 Å². The third kappa shape index (κ3) is 3.96. The largest absolute Gasteiger partial charge is 0.481 e. The maximum Gasteiger partial charge on any atom is 0.307 e. The number of likely N-dealkylation sites (tertiary alicyclic amines) is 1. The third-order valence-corrected chi connectivity index (χ3v) is 4.15. The Morgan fingerprint density at radius 3 is 2.91 bits per heavy atom. The molecule has 1 aromatic carbocycles. The first-order chi connectivity index (χ1) is 10.4. The number of aliphatic carboxylic acids is 1. The zero-order valence-electron chi connectivity index (χ0n) is 12.2. The number of rotatable bonds is 4. The summed E-state index contributed by atoms with van der Waals surface area (Å²) in [6, 6.07) is 3.39. The van der Waals surface area contributed by atoms with Gasteiger partial charge in [-0.25, -0.2) is 4.39 Å². The van der Waals surface area contributed by atoms with Crippen LogP contribution < -0.4 is 5.32 Å². The van der Waals surface area contributed by atoms with Gasteiger partial charge < -0.3 is 10.4 Å². The highest BCUT2D eigenvalue weighted by Crippen LogP contribution is 2.22. The van der Waals surface area contributed by atoms with Crippen molar-refractivity contribution in [2.45, 2.75) is 25.8 Å². The van der Waals surface area contributed by atoms with Crippen LogP contribution in [0.25, 0.3) is 0 Å². The molecule has 1 aliphatic heterocycles. The number of amides is 1. The Morgan fingerprint density at radius 2 is 2.23 bits per heavy atom. The second-order valence-corrected chi connectivity index (χ2v) is 5.90. The molecule has 1 aromatic rings. The predicted octanol–water partition coefficient (Wildman–Crippen LogP) is 2.60. The molecule has 2 unspecified atom stereocenters. The van der Waals surface area contributed by atoms with Crippen molar-refractivity contribution < 1.29 is 19.1 Å². The Labute approximate surface area is 133 Å². The molecular weight excluding hydrogens is 311 g/mol. The van der Waals surface area contributed by atoms with E-state index in [0.29, 0.717) is 24.5 Å². The number of carbonyl (C=O) groups is 2. The molecule has 7 heteroatoms. The lowest BCUT2D eigenvalue weighted by Gasteiger charge is -2.34. The molecule has 1 saturated heterocycles. The van der Waals surface area contributed by atoms with Gasteiger partial charge in [0.2, 0.25) is 5.91 Å². The first-order valence-corrected chi connectivity index (χ1v) is 7.49. The fourth-order valence-electron chi connectivity index (χ4n) is 2.56. The van der Waals surface area contributed by atoms with Crippen molar-refractivity contribution in [2.75, 3.05) is 18.4 Å². The average molecular weight is 329 g/mol. The zero-order chi connectivity index (χ0) is 16.3. The van der Waals surface area contributed by atoms with Gasteiger partial charge >= 0.3 is 5.97 Å². The standard InChI is InChI=1S/C15H18ClFN2O3/c1-9(19-6-2-3-10(8-19)15(21)22)14(20)18-13-7-11(16)4-5-12(13)17/h4-5,7,9-10H,2-3,6,8H2,1H3,(H,18,20)(H,21,22). The summed E-state index contributed by atoms with van der Waals surface area (Å²) in [4.78, 5) is 25.1. The van der Waals surface area contributed by atoms with Crippen molar-refractivity contribution in [1.82, 2.24) is 4.90 Å². The zero-order valence-corrected chi connectivity index (χ0v) is 12.9. The van der Waals surface area contributed by atoms with Crippen LogP contribution in [0.3, 0.4) is 0 Å². The van der Waals surface area contributed by atoms with Crippen molar-refractivity contribution in [3.05, 3.63) is 29.0 Å². The molecule has 2 atom stereocenters. The van der Waals surface area contributed by atoms with Gasteiger partial charge in [-0.2, -0.15) is 0 Å². The van der Waals surface area contributed by atoms with Crippen LogP contribution in [0, 0.1) is 11.7 Å². The molecular formula is C15H18ClFN2O3. The topological polar surface area (TPSA) is 69.6 Å². The quantitative estimate of drug-likeness (QED) is 0.891. The number of nitrogens with zero attached hydrogens (tertiary/aromatic N) is 1. The molecule has 2 N–H and O–H groups in total. The maximum atomic E-state index is 13.6. The summed E-state index contributed by atoms with van der Waals surface area (Å²) < 4.78 is 13.6. The minimum Gasteiger partial charge on any atom is -0.481 e. The van der Waals surface area contributed by atoms with Crippen LogP contribution >= 0.6 is 11.6 Å². The fraction of sp³-hybridized carbons (Fsp3) is 0.467. The van der Waals surface area contributed by atoms with Crippen LogP contribution in [-0.2, 0) is 9.59 Å². The minimum atomic E-state index is -0.849. The molecule has 1 aliphatic rings. The summed E-state index contributed by atoms with van der Waals surface area (Å²) in [7, 11) is 0. The monoisotopic (exact) mass is 328 g/mol. The Hall–Kier alpha value is -1.66. The molecule has 2 rings (SSSR count). The van der Waals surface area contributed by atoms with Gasteiger partial charge in [0.15, 0.2) is 0 Å². The fourth-order valence-corrected chi connectivity index (χ4v) is 2.73. The molecule has 0 radical (unpaired) electrons. The van der Waals surface area contributed by atoms with E-state index in [1.165, 1.54) is 18.2 Å². The molecule has 0 aromatic heterocycles. The van der Waals surface area contributed by atoms with Crippen LogP contribution in [0.2, 0.25) is 5.02 Å². The number of nitrogens with one attached hydrogen (secondary N) is 1. The number of carbonyl (C=O) groups excluding carboxylic acids is 1. The number of carboxylic acid groups (broad SMARTS) is 1. The lowest BCUT2D eigenvalue weighted by molar-refractivity contribution is -0.144. The van der Waals surface area contributed by atoms with E-state index in [1.54, 1.807) is 11.8 Å². The molecule has 0 bridgehead atoms. The van der Waals surface area contributed by atoms with Crippen LogP contribution in [0.5, 0.6) is 0 Å². The van der Waals surface area contributed by atoms with Gasteiger partial charge in [-0.05, 0) is 44.5 Å². The molecule has 5 nitrogen and oxygen atoms in total. The summed E-state index contributed by atoms with van der Waals surface area (Å²) in [5.74, 6) is -2.26. The van der Waals surface area contributed by atoms with Crippen molar-refractivity contribution >= 4 is 29.2 Å². The van der Waals surface area contributed by atoms with E-state index >= 15 is 0 Å². The van der Waals surface area contributed by atoms with Gasteiger partial charge in [0.25, 0.3) is 0 Å². The number of anilines is 1. The van der Waals surface area contributed by atoms with Crippen LogP contribution in [0.4, 0.5) is 10.1 Å². The molecule has 0 saturated carbocycles. The molecule has 120 valence electrons. The van der Waals surface area contributed by atoms with Gasteiger partial charge in [0.05, 0.1) is 17.6 Å². The summed E-state index contributed by atoms with van der Waals surface area (Å²) in [5, 5.41) is 11.9. The molecule has 1 amide bonds. The van der Waals surface area contributed by atoms with Gasteiger partial charge in [0.1, 0.15) is 5.82 Å². The van der Waals surface area contributed by atoms with E-state index in [9.17, 15) is 14.0 Å². The van der Waals surface area contributed by atoms with E-state index in [1.807, 2.05) is 0 Å². The van der Waals surface area contributed by atoms with Gasteiger partial charge in [-0.1, -0.05) is 11.6 Å². The molecule has 1 heterocycles. The van der Waals surface area contributed by atoms with Crippen molar-refractivity contribution in [2.24, 2.45) is 5.92 Å². The summed E-state index contributed by atoms with van der Waals surface area (Å²) in [6.07, 6.45) is 1.34. The minimum absolute atomic E-state index is 0.0242. The molecule has 1 fully saturated rings. The Bertz CT molecular complexity index is 582. The summed E-state index contributed by atoms with van der Waals surface area (Å²) >= 11 is 5.79. The van der Waals surface area contributed by atoms with Gasteiger partial charge in [-0.3, -0.25) is 14.5 Å². The summed E-state index contributed by atoms with van der Waals surface area (Å²) in [5.41, 5.74) is 0.0242. The Balaban J connectivity index is 2.02. The Kier molecular flexibility index (Phi) is 5.37. The number of carboxylic acids is 1.